The van der Waals surface area contributed by atoms with Crippen LogP contribution < -0.4 is 20.2 Å². The summed E-state index contributed by atoms with van der Waals surface area (Å²) in [4.78, 5) is 24.4. The molecule has 0 radical (unpaired) electrons. The minimum absolute atomic E-state index is 0.167. The maximum Gasteiger partial charge on any atom is 0.350 e. The molecule has 2 atom stereocenters. The molecule has 2 fully saturated rings. The molecule has 0 aliphatic carbocycles. The highest BCUT2D eigenvalue weighted by Gasteiger charge is 2.44. The Morgan fingerprint density at radius 3 is 2.27 bits per heavy atom. The number of azide groups is 1. The van der Waals surface area contributed by atoms with Crippen molar-refractivity contribution in [2.75, 3.05) is 49.2 Å². The summed E-state index contributed by atoms with van der Waals surface area (Å²) < 4.78 is 23.5. The van der Waals surface area contributed by atoms with E-state index < -0.39 is 5.79 Å². The topological polar surface area (TPSA) is 153 Å². The van der Waals surface area contributed by atoms with Gasteiger partial charge in [-0.25, -0.2) is 23.7 Å². The van der Waals surface area contributed by atoms with Crippen LogP contribution in [0.3, 0.4) is 0 Å². The number of benzene rings is 3. The van der Waals surface area contributed by atoms with Crippen LogP contribution in [0.5, 0.6) is 5.75 Å². The summed E-state index contributed by atoms with van der Waals surface area (Å²) in [6.45, 7) is 4.91. The van der Waals surface area contributed by atoms with Crippen LogP contribution in [-0.2, 0) is 28.4 Å². The molecule has 2 aromatic heterocycles. The lowest BCUT2D eigenvalue weighted by Crippen LogP contribution is -2.46. The fraction of sp³-hybridized carbons (Fsp3) is 0.333. The van der Waals surface area contributed by atoms with Crippen LogP contribution in [0.15, 0.2) is 102 Å². The van der Waals surface area contributed by atoms with Crippen LogP contribution >= 0.6 is 0 Å². The highest BCUT2D eigenvalue weighted by molar-refractivity contribution is 5.54. The molecule has 260 valence electrons. The molecule has 15 heteroatoms. The number of ether oxygens (including phenoxy) is 3. The molecule has 0 saturated carbocycles. The van der Waals surface area contributed by atoms with Crippen molar-refractivity contribution in [2.24, 2.45) is 5.11 Å². The van der Waals surface area contributed by atoms with E-state index in [0.717, 1.165) is 61.0 Å². The highest BCUT2D eigenvalue weighted by atomic mass is 16.8. The van der Waals surface area contributed by atoms with Gasteiger partial charge < -0.3 is 24.0 Å². The first-order chi connectivity index (χ1) is 25.0. The zero-order valence-electron chi connectivity index (χ0n) is 27.9. The molecule has 3 aromatic carbocycles. The van der Waals surface area contributed by atoms with Crippen molar-refractivity contribution in [1.29, 1.82) is 0 Å². The fourth-order valence-corrected chi connectivity index (χ4v) is 6.32. The average Bonchev–Trinajstić information content (AvgIpc) is 3.93. The predicted octanol–water partition coefficient (Wildman–Crippen LogP) is 4.65. The lowest BCUT2D eigenvalue weighted by Gasteiger charge is -2.37. The van der Waals surface area contributed by atoms with Crippen molar-refractivity contribution in [1.82, 2.24) is 29.1 Å². The quantitative estimate of drug-likeness (QED) is 0.0566. The summed E-state index contributed by atoms with van der Waals surface area (Å²) >= 11 is 0. The maximum atomic E-state index is 12.7. The third kappa shape index (κ3) is 7.58. The van der Waals surface area contributed by atoms with E-state index in [2.05, 4.69) is 65.2 Å². The lowest BCUT2D eigenvalue weighted by molar-refractivity contribution is -0.190. The smallest absolute Gasteiger partial charge is 0.350 e. The SMILES string of the molecule is C#CCCCn1ncn(-c2ccc(N3CCN(c4ccc(OC[C@@H]5CO[C@@](Cn6cncn6)(c6ccc(N=[N+]=[N-])cc6)O5)cc4)CC3)cc2)c1=O. The number of anilines is 2. The molecule has 5 aromatic rings. The largest absolute Gasteiger partial charge is 0.491 e. The Morgan fingerprint density at radius 2 is 1.63 bits per heavy atom. The number of piperazine rings is 1. The Hall–Kier alpha value is -6.07. The van der Waals surface area contributed by atoms with Crippen LogP contribution in [0.4, 0.5) is 17.1 Å². The Bertz CT molecular complexity index is 2040. The molecule has 0 bridgehead atoms. The van der Waals surface area contributed by atoms with Gasteiger partial charge in [-0.15, -0.1) is 12.3 Å². The van der Waals surface area contributed by atoms with E-state index in [4.69, 9.17) is 26.2 Å². The standard InChI is InChI=1S/C36H37N11O4/c1-2-3-4-17-47-35(48)46(27-40-47)32-11-9-30(10-12-32)43-18-20-44(21-19-43)31-13-15-33(16-14-31)49-22-34-23-50-36(51-34,24-45-26-38-25-39-45)28-5-7-29(8-6-28)41-42-37/h1,5-16,25-27,34H,3-4,17-24H2/t34-,36-/m1/s1. The Morgan fingerprint density at radius 1 is 0.941 bits per heavy atom. The normalized spacial score (nSPS) is 18.7. The molecule has 2 aliphatic heterocycles. The number of terminal acetylenes is 1. The van der Waals surface area contributed by atoms with Crippen molar-refractivity contribution in [3.05, 3.63) is 118 Å². The number of hydrogen-bond donors (Lipinski definition) is 0. The van der Waals surface area contributed by atoms with Crippen LogP contribution in [0, 0.1) is 12.3 Å². The molecular weight excluding hydrogens is 650 g/mol. The van der Waals surface area contributed by atoms with E-state index in [-0.39, 0.29) is 11.8 Å². The summed E-state index contributed by atoms with van der Waals surface area (Å²) in [5.41, 5.74) is 12.9. The van der Waals surface area contributed by atoms with Crippen LogP contribution in [-0.4, -0.2) is 74.6 Å². The number of unbranched alkanes of at least 4 members (excludes halogenated alkanes) is 1. The fourth-order valence-electron chi connectivity index (χ4n) is 6.32. The monoisotopic (exact) mass is 687 g/mol. The van der Waals surface area contributed by atoms with Gasteiger partial charge in [0.15, 0.2) is 0 Å². The number of aryl methyl sites for hydroxylation is 1. The van der Waals surface area contributed by atoms with Gasteiger partial charge in [0.25, 0.3) is 0 Å². The third-order valence-electron chi connectivity index (χ3n) is 9.00. The number of aromatic nitrogens is 6. The first-order valence-corrected chi connectivity index (χ1v) is 16.7. The molecule has 0 unspecified atom stereocenters. The van der Waals surface area contributed by atoms with Gasteiger partial charge in [-0.1, -0.05) is 29.4 Å². The van der Waals surface area contributed by atoms with E-state index in [0.29, 0.717) is 38.4 Å². The van der Waals surface area contributed by atoms with Crippen molar-refractivity contribution >= 4 is 17.1 Å². The Kier molecular flexibility index (Phi) is 9.98. The Labute approximate surface area is 294 Å². The minimum atomic E-state index is -1.10. The van der Waals surface area contributed by atoms with Crippen LogP contribution in [0.2, 0.25) is 0 Å². The van der Waals surface area contributed by atoms with Gasteiger partial charge in [-0.3, -0.25) is 0 Å². The molecule has 0 spiro atoms. The van der Waals surface area contributed by atoms with Crippen LogP contribution in [0.1, 0.15) is 18.4 Å². The molecule has 7 rings (SSSR count). The van der Waals surface area contributed by atoms with Gasteiger partial charge >= 0.3 is 5.69 Å². The van der Waals surface area contributed by atoms with Crippen LogP contribution in [0.25, 0.3) is 16.1 Å². The number of rotatable bonds is 13. The summed E-state index contributed by atoms with van der Waals surface area (Å²) in [6.07, 6.45) is 11.0. The van der Waals surface area contributed by atoms with Crippen molar-refractivity contribution in [2.45, 2.75) is 37.8 Å². The zero-order chi connectivity index (χ0) is 35.0. The summed E-state index contributed by atoms with van der Waals surface area (Å²) in [5.74, 6) is 2.24. The molecule has 0 N–H and O–H groups in total. The first-order valence-electron chi connectivity index (χ1n) is 16.7. The molecule has 51 heavy (non-hydrogen) atoms. The summed E-state index contributed by atoms with van der Waals surface area (Å²) in [7, 11) is 0. The predicted molar refractivity (Wildman–Crippen MR) is 190 cm³/mol. The van der Waals surface area contributed by atoms with E-state index in [9.17, 15) is 4.79 Å². The second-order valence-corrected chi connectivity index (χ2v) is 12.2. The van der Waals surface area contributed by atoms with Gasteiger partial charge in [0.05, 0.1) is 12.3 Å². The molecular formula is C36H37N11O4. The minimum Gasteiger partial charge on any atom is -0.491 e. The van der Waals surface area contributed by atoms with Gasteiger partial charge in [0.2, 0.25) is 5.79 Å². The van der Waals surface area contributed by atoms with Gasteiger partial charge in [-0.2, -0.15) is 10.2 Å². The van der Waals surface area contributed by atoms with Gasteiger partial charge in [0.1, 0.15) is 44.0 Å². The zero-order valence-corrected chi connectivity index (χ0v) is 27.9. The molecule has 4 heterocycles. The van der Waals surface area contributed by atoms with Crippen molar-refractivity contribution in [3.8, 4) is 23.8 Å². The molecule has 2 saturated heterocycles. The summed E-state index contributed by atoms with van der Waals surface area (Å²) in [5, 5.41) is 12.1. The number of hydrogen-bond acceptors (Lipinski definition) is 10. The van der Waals surface area contributed by atoms with Gasteiger partial charge in [0, 0.05) is 66.7 Å². The second kappa shape index (κ2) is 15.2. The van der Waals surface area contributed by atoms with Crippen molar-refractivity contribution < 1.29 is 14.2 Å². The third-order valence-corrected chi connectivity index (χ3v) is 9.00. The molecule has 0 amide bonds. The van der Waals surface area contributed by atoms with E-state index in [1.54, 1.807) is 34.0 Å². The molecule has 2 aliphatic rings. The number of nitrogens with zero attached hydrogens (tertiary/aromatic N) is 11. The Balaban J connectivity index is 0.910. The maximum absolute atomic E-state index is 12.7. The van der Waals surface area contributed by atoms with E-state index >= 15 is 0 Å². The molecule has 15 nitrogen and oxygen atoms in total. The average molecular weight is 688 g/mol. The van der Waals surface area contributed by atoms with Gasteiger partial charge in [-0.05, 0) is 60.5 Å². The van der Waals surface area contributed by atoms with Crippen molar-refractivity contribution in [3.63, 3.8) is 0 Å². The summed E-state index contributed by atoms with van der Waals surface area (Å²) in [6, 6.07) is 23.2. The first kappa shape index (κ1) is 33.4. The second-order valence-electron chi connectivity index (χ2n) is 12.2. The van der Waals surface area contributed by atoms with E-state index in [1.807, 2.05) is 36.4 Å². The van der Waals surface area contributed by atoms with E-state index in [1.165, 1.54) is 11.0 Å². The lowest BCUT2D eigenvalue weighted by atomic mass is 10.1. The highest BCUT2D eigenvalue weighted by Crippen LogP contribution is 2.37.